The Bertz CT molecular complexity index is 539. The molecule has 1 amide bonds. The second-order valence-corrected chi connectivity index (χ2v) is 5.16. The van der Waals surface area contributed by atoms with Crippen molar-refractivity contribution in [1.82, 2.24) is 4.90 Å². The van der Waals surface area contributed by atoms with Gasteiger partial charge >= 0.3 is 0 Å². The molecule has 0 saturated carbocycles. The molecule has 2 rings (SSSR count). The number of aliphatic hydroxyl groups excluding tert-OH is 1. The van der Waals surface area contributed by atoms with Gasteiger partial charge in [0.15, 0.2) is 0 Å². The molecule has 1 heterocycles. The summed E-state index contributed by atoms with van der Waals surface area (Å²) in [6, 6.07) is 4.34. The topological polar surface area (TPSA) is 95.7 Å². The van der Waals surface area contributed by atoms with Gasteiger partial charge in [0.1, 0.15) is 5.69 Å². The van der Waals surface area contributed by atoms with Crippen molar-refractivity contribution in [2.75, 3.05) is 32.1 Å². The summed E-state index contributed by atoms with van der Waals surface area (Å²) in [5.41, 5.74) is 0.719. The second-order valence-electron chi connectivity index (χ2n) is 5.16. The lowest BCUT2D eigenvalue weighted by Crippen LogP contribution is -2.39. The van der Waals surface area contributed by atoms with Gasteiger partial charge in [-0.1, -0.05) is 0 Å². The Balaban J connectivity index is 2.15. The van der Waals surface area contributed by atoms with Crippen LogP contribution < -0.4 is 5.32 Å². The largest absolute Gasteiger partial charge is 0.396 e. The summed E-state index contributed by atoms with van der Waals surface area (Å²) in [6.07, 6.45) is 1.57. The molecule has 21 heavy (non-hydrogen) atoms. The molecule has 0 unspecified atom stereocenters. The standard InChI is InChI=1S/C14H19N3O4/c1-15-12-8-11(2-3-13(12)17(20)21)14(19)16-6-4-10(9-18)5-7-16/h2-3,8,10,15,18H,4-7,9H2,1H3. The highest BCUT2D eigenvalue weighted by Gasteiger charge is 2.24. The first-order chi connectivity index (χ1) is 10.1. The molecule has 0 aromatic heterocycles. The van der Waals surface area contributed by atoms with Gasteiger partial charge in [-0.2, -0.15) is 0 Å². The molecule has 2 N–H and O–H groups in total. The number of hydrogen-bond donors (Lipinski definition) is 2. The molecule has 0 spiro atoms. The van der Waals surface area contributed by atoms with Gasteiger partial charge in [0, 0.05) is 38.4 Å². The number of anilines is 1. The molecule has 1 aliphatic heterocycles. The average Bonchev–Trinajstić information content (AvgIpc) is 2.53. The van der Waals surface area contributed by atoms with Crippen molar-refractivity contribution >= 4 is 17.3 Å². The van der Waals surface area contributed by atoms with Crippen LogP contribution in [-0.4, -0.2) is 47.6 Å². The minimum atomic E-state index is -0.479. The van der Waals surface area contributed by atoms with Crippen molar-refractivity contribution in [2.45, 2.75) is 12.8 Å². The smallest absolute Gasteiger partial charge is 0.292 e. The van der Waals surface area contributed by atoms with Crippen LogP contribution in [0.2, 0.25) is 0 Å². The summed E-state index contributed by atoms with van der Waals surface area (Å²) >= 11 is 0. The fourth-order valence-corrected chi connectivity index (χ4v) is 2.53. The number of carbonyl (C=O) groups is 1. The number of nitro groups is 1. The predicted molar refractivity (Wildman–Crippen MR) is 78.4 cm³/mol. The number of rotatable bonds is 4. The molecule has 0 atom stereocenters. The lowest BCUT2D eigenvalue weighted by molar-refractivity contribution is -0.383. The van der Waals surface area contributed by atoms with E-state index < -0.39 is 4.92 Å². The van der Waals surface area contributed by atoms with E-state index in [-0.39, 0.29) is 24.1 Å². The first-order valence-electron chi connectivity index (χ1n) is 6.93. The Hall–Kier alpha value is -2.15. The Labute approximate surface area is 122 Å². The number of piperidine rings is 1. The first kappa shape index (κ1) is 15.2. The van der Waals surface area contributed by atoms with E-state index in [9.17, 15) is 14.9 Å². The lowest BCUT2D eigenvalue weighted by atomic mass is 9.97. The van der Waals surface area contributed by atoms with Gasteiger partial charge in [-0.25, -0.2) is 0 Å². The summed E-state index contributed by atoms with van der Waals surface area (Å²) in [4.78, 5) is 24.5. The number of aliphatic hydroxyl groups is 1. The van der Waals surface area contributed by atoms with Crippen LogP contribution in [0.25, 0.3) is 0 Å². The minimum absolute atomic E-state index is 0.0481. The van der Waals surface area contributed by atoms with Crippen molar-refractivity contribution in [3.05, 3.63) is 33.9 Å². The molecule has 1 fully saturated rings. The molecule has 7 heteroatoms. The maximum Gasteiger partial charge on any atom is 0.292 e. The number of carbonyl (C=O) groups excluding carboxylic acids is 1. The maximum absolute atomic E-state index is 12.4. The third-order valence-electron chi connectivity index (χ3n) is 3.87. The fraction of sp³-hybridized carbons (Fsp3) is 0.500. The number of amides is 1. The van der Waals surface area contributed by atoms with E-state index in [4.69, 9.17) is 5.11 Å². The van der Waals surface area contributed by atoms with Gasteiger partial charge in [-0.3, -0.25) is 14.9 Å². The highest BCUT2D eigenvalue weighted by molar-refractivity contribution is 5.96. The average molecular weight is 293 g/mol. The predicted octanol–water partition coefficient (Wildman–Crippen LogP) is 1.48. The molecular formula is C14H19N3O4. The van der Waals surface area contributed by atoms with Crippen molar-refractivity contribution in [2.24, 2.45) is 5.92 Å². The van der Waals surface area contributed by atoms with Crippen LogP contribution in [0.3, 0.4) is 0 Å². The Morgan fingerprint density at radius 3 is 2.67 bits per heavy atom. The fourth-order valence-electron chi connectivity index (χ4n) is 2.53. The molecule has 7 nitrogen and oxygen atoms in total. The highest BCUT2D eigenvalue weighted by Crippen LogP contribution is 2.26. The summed E-state index contributed by atoms with van der Waals surface area (Å²) in [5.74, 6) is 0.136. The van der Waals surface area contributed by atoms with Crippen molar-refractivity contribution < 1.29 is 14.8 Å². The first-order valence-corrected chi connectivity index (χ1v) is 6.93. The van der Waals surface area contributed by atoms with Gasteiger partial charge in [-0.05, 0) is 30.9 Å². The number of nitro benzene ring substituents is 1. The molecule has 1 aliphatic rings. The van der Waals surface area contributed by atoms with Crippen LogP contribution >= 0.6 is 0 Å². The number of hydrogen-bond acceptors (Lipinski definition) is 5. The molecular weight excluding hydrogens is 274 g/mol. The Kier molecular flexibility index (Phi) is 4.74. The highest BCUT2D eigenvalue weighted by atomic mass is 16.6. The van der Waals surface area contributed by atoms with Crippen molar-refractivity contribution in [1.29, 1.82) is 0 Å². The van der Waals surface area contributed by atoms with Crippen LogP contribution in [0.1, 0.15) is 23.2 Å². The molecule has 0 bridgehead atoms. The molecule has 1 aromatic rings. The minimum Gasteiger partial charge on any atom is -0.396 e. The molecule has 1 saturated heterocycles. The normalized spacial score (nSPS) is 15.8. The zero-order valence-electron chi connectivity index (χ0n) is 11.9. The zero-order chi connectivity index (χ0) is 15.4. The van der Waals surface area contributed by atoms with Crippen LogP contribution in [0, 0.1) is 16.0 Å². The molecule has 0 radical (unpaired) electrons. The number of benzene rings is 1. The molecule has 114 valence electrons. The summed E-state index contributed by atoms with van der Waals surface area (Å²) in [7, 11) is 1.59. The monoisotopic (exact) mass is 293 g/mol. The van der Waals surface area contributed by atoms with Gasteiger partial charge in [0.25, 0.3) is 11.6 Å². The number of likely N-dealkylation sites (tertiary alicyclic amines) is 1. The van der Waals surface area contributed by atoms with Crippen LogP contribution in [-0.2, 0) is 0 Å². The SMILES string of the molecule is CNc1cc(C(=O)N2CCC(CO)CC2)ccc1[N+](=O)[O-]. The third-order valence-corrected chi connectivity index (χ3v) is 3.87. The van der Waals surface area contributed by atoms with E-state index >= 15 is 0 Å². The quantitative estimate of drug-likeness (QED) is 0.647. The van der Waals surface area contributed by atoms with E-state index in [1.165, 1.54) is 18.2 Å². The van der Waals surface area contributed by atoms with E-state index in [1.54, 1.807) is 11.9 Å². The Morgan fingerprint density at radius 1 is 1.48 bits per heavy atom. The van der Waals surface area contributed by atoms with Crippen LogP contribution in [0.15, 0.2) is 18.2 Å². The maximum atomic E-state index is 12.4. The lowest BCUT2D eigenvalue weighted by Gasteiger charge is -2.31. The van der Waals surface area contributed by atoms with Crippen molar-refractivity contribution in [3.63, 3.8) is 0 Å². The number of nitrogens with one attached hydrogen (secondary N) is 1. The summed E-state index contributed by atoms with van der Waals surface area (Å²) in [5, 5.41) is 22.7. The Morgan fingerprint density at radius 2 is 2.14 bits per heavy atom. The van der Waals surface area contributed by atoms with Crippen LogP contribution in [0.5, 0.6) is 0 Å². The summed E-state index contributed by atoms with van der Waals surface area (Å²) < 4.78 is 0. The van der Waals surface area contributed by atoms with E-state index in [1.807, 2.05) is 0 Å². The van der Waals surface area contributed by atoms with E-state index in [2.05, 4.69) is 5.32 Å². The van der Waals surface area contributed by atoms with Gasteiger partial charge in [0.05, 0.1) is 4.92 Å². The zero-order valence-corrected chi connectivity index (χ0v) is 11.9. The molecule has 1 aromatic carbocycles. The second kappa shape index (κ2) is 6.53. The third kappa shape index (κ3) is 3.30. The van der Waals surface area contributed by atoms with E-state index in [0.717, 1.165) is 12.8 Å². The van der Waals surface area contributed by atoms with Gasteiger partial charge in [-0.15, -0.1) is 0 Å². The summed E-state index contributed by atoms with van der Waals surface area (Å²) in [6.45, 7) is 1.37. The van der Waals surface area contributed by atoms with E-state index in [0.29, 0.717) is 24.3 Å². The molecule has 0 aliphatic carbocycles. The van der Waals surface area contributed by atoms with Crippen LogP contribution in [0.4, 0.5) is 11.4 Å². The van der Waals surface area contributed by atoms with Gasteiger partial charge in [0.2, 0.25) is 0 Å². The van der Waals surface area contributed by atoms with Gasteiger partial charge < -0.3 is 15.3 Å². The number of nitrogens with zero attached hydrogens (tertiary/aromatic N) is 2. The van der Waals surface area contributed by atoms with Crippen molar-refractivity contribution in [3.8, 4) is 0 Å².